The normalized spacial score (nSPS) is 17.5. The number of hydrogen-bond donors (Lipinski definition) is 0. The molecule has 0 saturated heterocycles. The molecular weight excluding hydrogens is 493 g/mol. The Hall–Kier alpha value is -3.81. The van der Waals surface area contributed by atoms with Gasteiger partial charge in [0.05, 0.1) is 22.7 Å². The summed E-state index contributed by atoms with van der Waals surface area (Å²) >= 11 is 0. The largest absolute Gasteiger partial charge is 0.489 e. The number of hydrogen-bond acceptors (Lipinski definition) is 7. The zero-order chi connectivity index (χ0) is 25.6. The van der Waals surface area contributed by atoms with Crippen LogP contribution in [0.3, 0.4) is 0 Å². The van der Waals surface area contributed by atoms with Crippen LogP contribution in [0.2, 0.25) is 0 Å². The molecule has 0 saturated carbocycles. The van der Waals surface area contributed by atoms with Gasteiger partial charge in [-0.25, -0.2) is 8.42 Å². The number of benzene rings is 2. The highest BCUT2D eigenvalue weighted by Crippen LogP contribution is 2.33. The van der Waals surface area contributed by atoms with Crippen LogP contribution in [0, 0.1) is 10.1 Å². The monoisotopic (exact) mass is 512 g/mol. The van der Waals surface area contributed by atoms with Crippen LogP contribution in [0.4, 0.5) is 24.7 Å². The Morgan fingerprint density at radius 1 is 1.20 bits per heavy atom. The van der Waals surface area contributed by atoms with E-state index in [0.29, 0.717) is 5.75 Å². The van der Waals surface area contributed by atoms with Crippen molar-refractivity contribution in [1.82, 2.24) is 9.55 Å². The Bertz CT molecular complexity index is 1330. The van der Waals surface area contributed by atoms with Gasteiger partial charge < -0.3 is 19.6 Å². The molecule has 0 fully saturated rings. The number of fused-ring (bicyclic) bond motifs is 1. The summed E-state index contributed by atoms with van der Waals surface area (Å²) in [6.07, 6.45) is -3.25. The zero-order valence-corrected chi connectivity index (χ0v) is 19.2. The van der Waals surface area contributed by atoms with Gasteiger partial charge in [-0.05, 0) is 60.4 Å². The van der Waals surface area contributed by atoms with Crippen LogP contribution in [0.25, 0.3) is 0 Å². The minimum absolute atomic E-state index is 0.0573. The topological polar surface area (TPSA) is 117 Å². The van der Waals surface area contributed by atoms with E-state index in [9.17, 15) is 31.7 Å². The van der Waals surface area contributed by atoms with Crippen molar-refractivity contribution >= 4 is 21.5 Å². The van der Waals surface area contributed by atoms with Gasteiger partial charge in [0, 0.05) is 12.0 Å². The fourth-order valence-electron chi connectivity index (χ4n) is 3.46. The predicted octanol–water partition coefficient (Wildman–Crippen LogP) is 3.87. The summed E-state index contributed by atoms with van der Waals surface area (Å²) in [6.45, 7) is 2.07. The molecule has 0 bridgehead atoms. The van der Waals surface area contributed by atoms with Crippen molar-refractivity contribution < 1.29 is 36.0 Å². The van der Waals surface area contributed by atoms with E-state index in [2.05, 4.69) is 4.98 Å². The van der Waals surface area contributed by atoms with Crippen molar-refractivity contribution in [3.63, 3.8) is 0 Å². The standard InChI is InChI=1S/C21H19F3N4O6S/c1-20(12-27-11-18(28(29)30)25-19(27)34-20)13-33-16-7-9-17(10-8-16)35(31,32)26(2)15-5-3-14(4-6-15)21(22,23)24/h3-11H,12-13H2,1-2H3. The summed E-state index contributed by atoms with van der Waals surface area (Å²) in [7, 11) is -2.79. The molecule has 0 radical (unpaired) electrons. The van der Waals surface area contributed by atoms with E-state index in [-0.39, 0.29) is 35.6 Å². The maximum Gasteiger partial charge on any atom is 0.416 e. The van der Waals surface area contributed by atoms with Crippen LogP contribution >= 0.6 is 0 Å². The smallest absolute Gasteiger partial charge is 0.416 e. The Morgan fingerprint density at radius 2 is 1.83 bits per heavy atom. The summed E-state index contributed by atoms with van der Waals surface area (Å²) in [5.74, 6) is 0.0301. The minimum atomic E-state index is -4.52. The number of halogens is 3. The van der Waals surface area contributed by atoms with Gasteiger partial charge in [-0.3, -0.25) is 8.87 Å². The van der Waals surface area contributed by atoms with E-state index in [1.165, 1.54) is 42.1 Å². The quantitative estimate of drug-likeness (QED) is 0.349. The molecule has 1 atom stereocenters. The van der Waals surface area contributed by atoms with E-state index in [1.54, 1.807) is 6.92 Å². The fraction of sp³-hybridized carbons (Fsp3) is 0.286. The summed E-state index contributed by atoms with van der Waals surface area (Å²) < 4.78 is 77.9. The number of alkyl halides is 3. The van der Waals surface area contributed by atoms with Crippen molar-refractivity contribution in [2.24, 2.45) is 0 Å². The first-order chi connectivity index (χ1) is 16.3. The third-order valence-electron chi connectivity index (χ3n) is 5.34. The third-order valence-corrected chi connectivity index (χ3v) is 7.14. The summed E-state index contributed by atoms with van der Waals surface area (Å²) in [5, 5.41) is 10.8. The first-order valence-corrected chi connectivity index (χ1v) is 11.5. The van der Waals surface area contributed by atoms with Gasteiger partial charge in [-0.15, -0.1) is 0 Å². The molecule has 2 heterocycles. The van der Waals surface area contributed by atoms with E-state index in [1.807, 2.05) is 0 Å². The molecule has 0 spiro atoms. The predicted molar refractivity (Wildman–Crippen MR) is 117 cm³/mol. The van der Waals surface area contributed by atoms with E-state index in [4.69, 9.17) is 9.47 Å². The second kappa shape index (κ2) is 8.45. The Balaban J connectivity index is 1.40. The van der Waals surface area contributed by atoms with Gasteiger partial charge in [-0.1, -0.05) is 0 Å². The molecule has 0 amide bonds. The maximum atomic E-state index is 12.9. The molecule has 4 rings (SSSR count). The zero-order valence-electron chi connectivity index (χ0n) is 18.4. The van der Waals surface area contributed by atoms with Crippen molar-refractivity contribution in [3.8, 4) is 11.8 Å². The average molecular weight is 512 g/mol. The first-order valence-electron chi connectivity index (χ1n) is 10.1. The third kappa shape index (κ3) is 4.87. The van der Waals surface area contributed by atoms with E-state index in [0.717, 1.165) is 28.6 Å². The van der Waals surface area contributed by atoms with Gasteiger partial charge in [0.25, 0.3) is 10.0 Å². The van der Waals surface area contributed by atoms with Crippen LogP contribution < -0.4 is 13.8 Å². The number of sulfonamides is 1. The fourth-order valence-corrected chi connectivity index (χ4v) is 4.65. The highest BCUT2D eigenvalue weighted by atomic mass is 32.2. The van der Waals surface area contributed by atoms with Crippen LogP contribution in [0.15, 0.2) is 59.6 Å². The number of nitrogens with zero attached hydrogens (tertiary/aromatic N) is 4. The Morgan fingerprint density at radius 3 is 2.37 bits per heavy atom. The van der Waals surface area contributed by atoms with Crippen molar-refractivity contribution in [2.75, 3.05) is 18.0 Å². The van der Waals surface area contributed by atoms with Gasteiger partial charge in [0.15, 0.2) is 5.60 Å². The lowest BCUT2D eigenvalue weighted by Gasteiger charge is -2.22. The molecule has 0 N–H and O–H groups in total. The highest BCUT2D eigenvalue weighted by Gasteiger charge is 2.41. The second-order valence-corrected chi connectivity index (χ2v) is 10.1. The molecule has 35 heavy (non-hydrogen) atoms. The molecule has 1 unspecified atom stereocenters. The minimum Gasteiger partial charge on any atom is -0.489 e. The number of anilines is 1. The van der Waals surface area contributed by atoms with Crippen LogP contribution in [-0.4, -0.2) is 42.1 Å². The lowest BCUT2D eigenvalue weighted by molar-refractivity contribution is -0.389. The number of rotatable bonds is 7. The molecule has 0 aliphatic carbocycles. The molecule has 2 aromatic carbocycles. The summed E-state index contributed by atoms with van der Waals surface area (Å²) in [5.41, 5.74) is -1.65. The van der Waals surface area contributed by atoms with Gasteiger partial charge >= 0.3 is 18.0 Å². The number of ether oxygens (including phenoxy) is 2. The molecule has 1 aromatic heterocycles. The Kier molecular flexibility index (Phi) is 5.87. The van der Waals surface area contributed by atoms with Crippen LogP contribution in [0.5, 0.6) is 11.8 Å². The number of nitro groups is 1. The molecule has 1 aliphatic heterocycles. The molecule has 10 nitrogen and oxygen atoms in total. The summed E-state index contributed by atoms with van der Waals surface area (Å²) in [6, 6.07) is 9.41. The molecule has 1 aliphatic rings. The van der Waals surface area contributed by atoms with Gasteiger partial charge in [0.1, 0.15) is 18.6 Å². The second-order valence-electron chi connectivity index (χ2n) is 8.10. The molecular formula is C21H19F3N4O6S. The lowest BCUT2D eigenvalue weighted by Crippen LogP contribution is -2.38. The van der Waals surface area contributed by atoms with E-state index >= 15 is 0 Å². The number of imidazole rings is 1. The highest BCUT2D eigenvalue weighted by molar-refractivity contribution is 7.92. The number of aromatic nitrogens is 2. The van der Waals surface area contributed by atoms with Gasteiger partial charge in [-0.2, -0.15) is 13.2 Å². The summed E-state index contributed by atoms with van der Waals surface area (Å²) in [4.78, 5) is 13.9. The molecule has 186 valence electrons. The first kappa shape index (κ1) is 24.3. The van der Waals surface area contributed by atoms with Crippen LogP contribution in [-0.2, 0) is 22.7 Å². The van der Waals surface area contributed by atoms with Crippen LogP contribution in [0.1, 0.15) is 12.5 Å². The molecule has 14 heteroatoms. The Labute approximate surface area is 197 Å². The van der Waals surface area contributed by atoms with Crippen molar-refractivity contribution in [2.45, 2.75) is 30.1 Å². The van der Waals surface area contributed by atoms with Crippen molar-refractivity contribution in [1.29, 1.82) is 0 Å². The van der Waals surface area contributed by atoms with Gasteiger partial charge in [0.2, 0.25) is 0 Å². The van der Waals surface area contributed by atoms with Crippen molar-refractivity contribution in [3.05, 3.63) is 70.4 Å². The lowest BCUT2D eigenvalue weighted by atomic mass is 10.1. The average Bonchev–Trinajstić information content (AvgIpc) is 3.32. The SMILES string of the molecule is CN(c1ccc(C(F)(F)F)cc1)S(=O)(=O)c1ccc(OCC2(C)Cn3cc([N+](=O)[O-])nc3O2)cc1. The molecule has 3 aromatic rings. The van der Waals surface area contributed by atoms with E-state index < -0.39 is 32.3 Å². The maximum absolute atomic E-state index is 12.9.